The Kier molecular flexibility index (Phi) is 3.58. The first kappa shape index (κ1) is 13.3. The lowest BCUT2D eigenvalue weighted by atomic mass is 10.2. The standard InChI is InChI=1S/C14H17N3O2S/c1-9-8-17(6-3-7-19-9)14(18)13-11(15)12-10(20-13)4-2-5-16-12/h2,4-5,9H,3,6-8,15H2,1H3. The molecule has 2 aromatic heterocycles. The summed E-state index contributed by atoms with van der Waals surface area (Å²) in [5.41, 5.74) is 7.31. The van der Waals surface area contributed by atoms with Crippen molar-refractivity contribution in [3.8, 4) is 0 Å². The molecule has 2 N–H and O–H groups in total. The van der Waals surface area contributed by atoms with E-state index < -0.39 is 0 Å². The molecule has 2 aromatic rings. The van der Waals surface area contributed by atoms with Gasteiger partial charge in [-0.2, -0.15) is 0 Å². The summed E-state index contributed by atoms with van der Waals surface area (Å²) in [6.45, 7) is 4.01. The molecule has 3 heterocycles. The number of carbonyl (C=O) groups is 1. The van der Waals surface area contributed by atoms with Crippen molar-refractivity contribution in [1.29, 1.82) is 0 Å². The van der Waals surface area contributed by atoms with Gasteiger partial charge in [-0.15, -0.1) is 11.3 Å². The number of ether oxygens (including phenoxy) is 1. The van der Waals surface area contributed by atoms with E-state index >= 15 is 0 Å². The summed E-state index contributed by atoms with van der Waals surface area (Å²) < 4.78 is 6.53. The first-order valence-electron chi connectivity index (χ1n) is 6.70. The highest BCUT2D eigenvalue weighted by atomic mass is 32.1. The number of amides is 1. The minimum Gasteiger partial charge on any atom is -0.396 e. The van der Waals surface area contributed by atoms with Crippen LogP contribution in [0.3, 0.4) is 0 Å². The number of hydrogen-bond acceptors (Lipinski definition) is 5. The number of carbonyl (C=O) groups excluding carboxylic acids is 1. The van der Waals surface area contributed by atoms with Gasteiger partial charge in [-0.25, -0.2) is 0 Å². The summed E-state index contributed by atoms with van der Waals surface area (Å²) in [4.78, 5) is 19.3. The zero-order valence-electron chi connectivity index (χ0n) is 11.3. The molecule has 1 saturated heterocycles. The van der Waals surface area contributed by atoms with Crippen molar-refractivity contribution in [1.82, 2.24) is 9.88 Å². The molecule has 1 amide bonds. The van der Waals surface area contributed by atoms with Crippen LogP contribution >= 0.6 is 11.3 Å². The Bertz CT molecular complexity index is 640. The van der Waals surface area contributed by atoms with Gasteiger partial charge >= 0.3 is 0 Å². The molecule has 6 heteroatoms. The van der Waals surface area contributed by atoms with Crippen molar-refractivity contribution >= 4 is 33.1 Å². The molecule has 106 valence electrons. The summed E-state index contributed by atoms with van der Waals surface area (Å²) in [5, 5.41) is 0. The Labute approximate surface area is 121 Å². The number of hydrogen-bond donors (Lipinski definition) is 1. The van der Waals surface area contributed by atoms with Crippen molar-refractivity contribution in [2.75, 3.05) is 25.4 Å². The predicted molar refractivity (Wildman–Crippen MR) is 80.0 cm³/mol. The lowest BCUT2D eigenvalue weighted by Crippen LogP contribution is -2.35. The van der Waals surface area contributed by atoms with E-state index in [-0.39, 0.29) is 12.0 Å². The topological polar surface area (TPSA) is 68.5 Å². The van der Waals surface area contributed by atoms with Crippen molar-refractivity contribution in [2.24, 2.45) is 0 Å². The van der Waals surface area contributed by atoms with Gasteiger partial charge in [-0.1, -0.05) is 0 Å². The van der Waals surface area contributed by atoms with Crippen molar-refractivity contribution in [2.45, 2.75) is 19.4 Å². The van der Waals surface area contributed by atoms with Crippen LogP contribution in [0.5, 0.6) is 0 Å². The number of anilines is 1. The number of fused-ring (bicyclic) bond motifs is 1. The SMILES string of the molecule is CC1CN(C(=O)c2sc3cccnc3c2N)CCCO1. The normalized spacial score (nSPS) is 20.1. The lowest BCUT2D eigenvalue weighted by molar-refractivity contribution is 0.0566. The summed E-state index contributed by atoms with van der Waals surface area (Å²) in [6, 6.07) is 3.79. The highest BCUT2D eigenvalue weighted by Crippen LogP contribution is 2.33. The molecule has 1 aliphatic rings. The van der Waals surface area contributed by atoms with Gasteiger partial charge in [-0.3, -0.25) is 9.78 Å². The Balaban J connectivity index is 1.93. The monoisotopic (exact) mass is 291 g/mol. The van der Waals surface area contributed by atoms with E-state index in [0.717, 1.165) is 16.6 Å². The average Bonchev–Trinajstić information content (AvgIpc) is 2.64. The molecular formula is C14H17N3O2S. The number of nitrogens with zero attached hydrogens (tertiary/aromatic N) is 2. The fourth-order valence-electron chi connectivity index (χ4n) is 2.43. The second-order valence-electron chi connectivity index (χ2n) is 4.98. The number of aromatic nitrogens is 1. The molecule has 1 atom stereocenters. The number of pyridine rings is 1. The molecule has 0 spiro atoms. The predicted octanol–water partition coefficient (Wildman–Crippen LogP) is 2.13. The van der Waals surface area contributed by atoms with E-state index in [4.69, 9.17) is 10.5 Å². The maximum Gasteiger partial charge on any atom is 0.266 e. The molecule has 0 aliphatic carbocycles. The molecule has 0 saturated carbocycles. The largest absolute Gasteiger partial charge is 0.396 e. The maximum absolute atomic E-state index is 12.7. The third-order valence-corrected chi connectivity index (χ3v) is 4.56. The van der Waals surface area contributed by atoms with Gasteiger partial charge in [0.05, 0.1) is 16.5 Å². The van der Waals surface area contributed by atoms with Gasteiger partial charge in [0.15, 0.2) is 0 Å². The molecule has 1 aliphatic heterocycles. The Morgan fingerprint density at radius 3 is 3.25 bits per heavy atom. The van der Waals surface area contributed by atoms with Crippen LogP contribution in [0.25, 0.3) is 10.2 Å². The quantitative estimate of drug-likeness (QED) is 0.874. The number of thiophene rings is 1. The van der Waals surface area contributed by atoms with E-state index in [0.29, 0.717) is 30.3 Å². The van der Waals surface area contributed by atoms with E-state index in [1.807, 2.05) is 24.0 Å². The first-order valence-corrected chi connectivity index (χ1v) is 7.52. The van der Waals surface area contributed by atoms with Gasteiger partial charge in [-0.05, 0) is 25.5 Å². The van der Waals surface area contributed by atoms with E-state index in [2.05, 4.69) is 4.98 Å². The average molecular weight is 291 g/mol. The molecule has 0 radical (unpaired) electrons. The van der Waals surface area contributed by atoms with Crippen LogP contribution in [0.2, 0.25) is 0 Å². The fraction of sp³-hybridized carbons (Fsp3) is 0.429. The van der Waals surface area contributed by atoms with Crippen molar-refractivity contribution < 1.29 is 9.53 Å². The smallest absolute Gasteiger partial charge is 0.266 e. The van der Waals surface area contributed by atoms with Crippen LogP contribution in [0.4, 0.5) is 5.69 Å². The van der Waals surface area contributed by atoms with Gasteiger partial charge in [0.25, 0.3) is 5.91 Å². The highest BCUT2D eigenvalue weighted by Gasteiger charge is 2.25. The van der Waals surface area contributed by atoms with Crippen molar-refractivity contribution in [3.05, 3.63) is 23.2 Å². The minimum atomic E-state index is -0.0112. The Morgan fingerprint density at radius 2 is 2.45 bits per heavy atom. The zero-order chi connectivity index (χ0) is 14.1. The third kappa shape index (κ3) is 2.36. The molecule has 3 rings (SSSR count). The number of nitrogen functional groups attached to an aromatic ring is 1. The van der Waals surface area contributed by atoms with Crippen LogP contribution in [0.15, 0.2) is 18.3 Å². The van der Waals surface area contributed by atoms with E-state index in [1.54, 1.807) is 6.20 Å². The summed E-state index contributed by atoms with van der Waals surface area (Å²) in [7, 11) is 0. The van der Waals surface area contributed by atoms with E-state index in [1.165, 1.54) is 11.3 Å². The van der Waals surface area contributed by atoms with E-state index in [9.17, 15) is 4.79 Å². The molecule has 0 bridgehead atoms. The fourth-order valence-corrected chi connectivity index (χ4v) is 3.48. The lowest BCUT2D eigenvalue weighted by Gasteiger charge is -2.21. The minimum absolute atomic E-state index is 0.0112. The molecule has 20 heavy (non-hydrogen) atoms. The zero-order valence-corrected chi connectivity index (χ0v) is 12.2. The summed E-state index contributed by atoms with van der Waals surface area (Å²) in [5.74, 6) is -0.0112. The first-order chi connectivity index (χ1) is 9.66. The van der Waals surface area contributed by atoms with Crippen molar-refractivity contribution in [3.63, 3.8) is 0 Å². The third-order valence-electron chi connectivity index (χ3n) is 3.42. The van der Waals surface area contributed by atoms with Gasteiger partial charge in [0.1, 0.15) is 10.4 Å². The second kappa shape index (κ2) is 5.38. The van der Waals surface area contributed by atoms with Crippen LogP contribution in [0.1, 0.15) is 23.0 Å². The van der Waals surface area contributed by atoms with Crippen LogP contribution in [0, 0.1) is 0 Å². The maximum atomic E-state index is 12.7. The van der Waals surface area contributed by atoms with Crippen LogP contribution in [-0.2, 0) is 4.74 Å². The Morgan fingerprint density at radius 1 is 1.60 bits per heavy atom. The van der Waals surface area contributed by atoms with Gasteiger partial charge in [0, 0.05) is 25.9 Å². The highest BCUT2D eigenvalue weighted by molar-refractivity contribution is 7.21. The second-order valence-corrected chi connectivity index (χ2v) is 6.03. The molecule has 1 fully saturated rings. The Hall–Kier alpha value is -1.66. The van der Waals surface area contributed by atoms with Crippen LogP contribution in [-0.4, -0.2) is 41.6 Å². The molecule has 5 nitrogen and oxygen atoms in total. The van der Waals surface area contributed by atoms with Gasteiger partial charge in [0.2, 0.25) is 0 Å². The summed E-state index contributed by atoms with van der Waals surface area (Å²) in [6.07, 6.45) is 2.62. The van der Waals surface area contributed by atoms with Crippen LogP contribution < -0.4 is 5.73 Å². The van der Waals surface area contributed by atoms with Gasteiger partial charge < -0.3 is 15.4 Å². The summed E-state index contributed by atoms with van der Waals surface area (Å²) >= 11 is 1.41. The molecule has 0 aromatic carbocycles. The molecule has 1 unspecified atom stereocenters. The number of rotatable bonds is 1. The number of nitrogens with two attached hydrogens (primary N) is 1. The molecular weight excluding hydrogens is 274 g/mol.